The predicted molar refractivity (Wildman–Crippen MR) is 74.0 cm³/mol. The Morgan fingerprint density at radius 3 is 2.70 bits per heavy atom. The molecule has 0 aliphatic carbocycles. The van der Waals surface area contributed by atoms with E-state index in [1.54, 1.807) is 4.90 Å². The van der Waals surface area contributed by atoms with E-state index in [0.717, 1.165) is 38.1 Å². The number of carbonyl (C=O) groups excluding carboxylic acids is 1. The van der Waals surface area contributed by atoms with E-state index in [1.165, 1.54) is 6.07 Å². The standard InChI is InChI=1S/C14H16F2N2O.ClH/c15-11-2-1-10(7-12(11)16)13(19)18-6-4-14(9-18)3-5-17-8-14;/h1-2,7,17H,3-6,8-9H2;1H. The molecule has 2 heterocycles. The van der Waals surface area contributed by atoms with Crippen LogP contribution in [0.1, 0.15) is 23.2 Å². The minimum Gasteiger partial charge on any atom is -0.338 e. The summed E-state index contributed by atoms with van der Waals surface area (Å²) >= 11 is 0. The number of nitrogens with zero attached hydrogens (tertiary/aromatic N) is 1. The number of amides is 1. The predicted octanol–water partition coefficient (Wildman–Crippen LogP) is 2.21. The average molecular weight is 303 g/mol. The van der Waals surface area contributed by atoms with Crippen LogP contribution in [0.5, 0.6) is 0 Å². The molecule has 1 atom stereocenters. The van der Waals surface area contributed by atoms with E-state index in [0.29, 0.717) is 13.1 Å². The zero-order chi connectivity index (χ0) is 13.5. The number of likely N-dealkylation sites (tertiary alicyclic amines) is 1. The molecule has 2 aliphatic heterocycles. The summed E-state index contributed by atoms with van der Waals surface area (Å²) in [6, 6.07) is 3.33. The first-order chi connectivity index (χ1) is 9.10. The van der Waals surface area contributed by atoms with Crippen molar-refractivity contribution in [2.45, 2.75) is 12.8 Å². The maximum atomic E-state index is 13.2. The van der Waals surface area contributed by atoms with Gasteiger partial charge in [0.25, 0.3) is 5.91 Å². The number of nitrogens with one attached hydrogen (secondary N) is 1. The van der Waals surface area contributed by atoms with Crippen molar-refractivity contribution in [2.24, 2.45) is 5.41 Å². The largest absolute Gasteiger partial charge is 0.338 e. The van der Waals surface area contributed by atoms with Gasteiger partial charge in [-0.3, -0.25) is 4.79 Å². The highest BCUT2D eigenvalue weighted by Crippen LogP contribution is 2.36. The van der Waals surface area contributed by atoms with Gasteiger partial charge in [0, 0.05) is 30.6 Å². The van der Waals surface area contributed by atoms with Crippen molar-refractivity contribution in [3.63, 3.8) is 0 Å². The summed E-state index contributed by atoms with van der Waals surface area (Å²) in [7, 11) is 0. The summed E-state index contributed by atoms with van der Waals surface area (Å²) in [4.78, 5) is 14.0. The number of carbonyl (C=O) groups is 1. The molecular weight excluding hydrogens is 286 g/mol. The molecule has 3 rings (SSSR count). The third-order valence-corrected chi connectivity index (χ3v) is 4.22. The fraction of sp³-hybridized carbons (Fsp3) is 0.500. The van der Waals surface area contributed by atoms with Crippen LogP contribution in [-0.2, 0) is 0 Å². The third-order valence-electron chi connectivity index (χ3n) is 4.22. The lowest BCUT2D eigenvalue weighted by Gasteiger charge is -2.22. The van der Waals surface area contributed by atoms with Crippen molar-refractivity contribution in [2.75, 3.05) is 26.2 Å². The van der Waals surface area contributed by atoms with Gasteiger partial charge in [-0.05, 0) is 37.6 Å². The molecule has 2 saturated heterocycles. The van der Waals surface area contributed by atoms with Crippen LogP contribution in [-0.4, -0.2) is 37.0 Å². The molecule has 2 aliphatic rings. The highest BCUT2D eigenvalue weighted by Gasteiger charge is 2.41. The van der Waals surface area contributed by atoms with Crippen molar-refractivity contribution < 1.29 is 13.6 Å². The number of benzene rings is 1. The SMILES string of the molecule is Cl.O=C(c1ccc(F)c(F)c1)N1CCC2(CCNC2)C1. The van der Waals surface area contributed by atoms with Gasteiger partial charge < -0.3 is 10.2 Å². The van der Waals surface area contributed by atoms with Crippen LogP contribution in [0.4, 0.5) is 8.78 Å². The molecule has 1 spiro atoms. The summed E-state index contributed by atoms with van der Waals surface area (Å²) in [6.07, 6.45) is 2.06. The average Bonchev–Trinajstić information content (AvgIpc) is 3.03. The van der Waals surface area contributed by atoms with Gasteiger partial charge in [0.15, 0.2) is 11.6 Å². The van der Waals surface area contributed by atoms with Crippen LogP contribution >= 0.6 is 12.4 Å². The lowest BCUT2D eigenvalue weighted by atomic mass is 9.86. The second-order valence-corrected chi connectivity index (χ2v) is 5.53. The lowest BCUT2D eigenvalue weighted by Crippen LogP contribution is -2.33. The van der Waals surface area contributed by atoms with Crippen molar-refractivity contribution in [1.29, 1.82) is 0 Å². The molecular formula is C14H17ClF2N2O. The van der Waals surface area contributed by atoms with E-state index in [2.05, 4.69) is 5.32 Å². The van der Waals surface area contributed by atoms with Crippen LogP contribution in [0.25, 0.3) is 0 Å². The van der Waals surface area contributed by atoms with E-state index in [-0.39, 0.29) is 29.3 Å². The summed E-state index contributed by atoms with van der Waals surface area (Å²) < 4.78 is 26.0. The number of hydrogen-bond donors (Lipinski definition) is 1. The maximum Gasteiger partial charge on any atom is 0.253 e. The minimum atomic E-state index is -0.970. The fourth-order valence-corrected chi connectivity index (χ4v) is 3.06. The van der Waals surface area contributed by atoms with E-state index < -0.39 is 11.6 Å². The van der Waals surface area contributed by atoms with Crippen LogP contribution in [0.2, 0.25) is 0 Å². The summed E-state index contributed by atoms with van der Waals surface area (Å²) in [5, 5.41) is 3.32. The Morgan fingerprint density at radius 2 is 2.05 bits per heavy atom. The molecule has 1 unspecified atom stereocenters. The second-order valence-electron chi connectivity index (χ2n) is 5.53. The van der Waals surface area contributed by atoms with Gasteiger partial charge in [0.2, 0.25) is 0 Å². The quantitative estimate of drug-likeness (QED) is 0.863. The summed E-state index contributed by atoms with van der Waals surface area (Å²) in [6.45, 7) is 3.33. The van der Waals surface area contributed by atoms with Crippen molar-refractivity contribution in [3.8, 4) is 0 Å². The topological polar surface area (TPSA) is 32.3 Å². The molecule has 20 heavy (non-hydrogen) atoms. The lowest BCUT2D eigenvalue weighted by molar-refractivity contribution is 0.0775. The maximum absolute atomic E-state index is 13.2. The zero-order valence-corrected chi connectivity index (χ0v) is 11.8. The molecule has 2 fully saturated rings. The first-order valence-electron chi connectivity index (χ1n) is 6.55. The molecule has 1 amide bonds. The van der Waals surface area contributed by atoms with Crippen LogP contribution in [0.3, 0.4) is 0 Å². The van der Waals surface area contributed by atoms with E-state index in [9.17, 15) is 13.6 Å². The normalized spacial score (nSPS) is 25.0. The summed E-state index contributed by atoms with van der Waals surface area (Å²) in [5.74, 6) is -2.10. The Bertz CT molecular complexity index is 518. The fourth-order valence-electron chi connectivity index (χ4n) is 3.06. The second kappa shape index (κ2) is 5.66. The van der Waals surface area contributed by atoms with Crippen molar-refractivity contribution >= 4 is 18.3 Å². The van der Waals surface area contributed by atoms with Crippen molar-refractivity contribution in [3.05, 3.63) is 35.4 Å². The molecule has 1 aromatic carbocycles. The minimum absolute atomic E-state index is 0. The molecule has 1 N–H and O–H groups in total. The smallest absolute Gasteiger partial charge is 0.253 e. The number of hydrogen-bond acceptors (Lipinski definition) is 2. The van der Waals surface area contributed by atoms with Crippen LogP contribution < -0.4 is 5.32 Å². The molecule has 0 radical (unpaired) electrons. The molecule has 0 saturated carbocycles. The number of rotatable bonds is 1. The Labute approximate surface area is 122 Å². The van der Waals surface area contributed by atoms with Gasteiger partial charge in [-0.15, -0.1) is 12.4 Å². The summed E-state index contributed by atoms with van der Waals surface area (Å²) in [5.41, 5.74) is 0.413. The molecule has 6 heteroatoms. The number of halogens is 3. The Hall–Kier alpha value is -1.20. The van der Waals surface area contributed by atoms with Gasteiger partial charge in [-0.1, -0.05) is 0 Å². The van der Waals surface area contributed by atoms with Gasteiger partial charge in [-0.2, -0.15) is 0 Å². The van der Waals surface area contributed by atoms with E-state index in [1.807, 2.05) is 0 Å². The first kappa shape index (κ1) is 15.2. The highest BCUT2D eigenvalue weighted by atomic mass is 35.5. The Kier molecular flexibility index (Phi) is 4.30. The van der Waals surface area contributed by atoms with Gasteiger partial charge in [-0.25, -0.2) is 8.78 Å². The monoisotopic (exact) mass is 302 g/mol. The van der Waals surface area contributed by atoms with Crippen LogP contribution in [0, 0.1) is 17.0 Å². The van der Waals surface area contributed by atoms with Gasteiger partial charge in [0.05, 0.1) is 0 Å². The molecule has 0 bridgehead atoms. The van der Waals surface area contributed by atoms with E-state index >= 15 is 0 Å². The first-order valence-corrected chi connectivity index (χ1v) is 6.55. The third kappa shape index (κ3) is 2.65. The molecule has 3 nitrogen and oxygen atoms in total. The van der Waals surface area contributed by atoms with E-state index in [4.69, 9.17) is 0 Å². The van der Waals surface area contributed by atoms with Gasteiger partial charge >= 0.3 is 0 Å². The highest BCUT2D eigenvalue weighted by molar-refractivity contribution is 5.94. The zero-order valence-electron chi connectivity index (χ0n) is 11.0. The molecule has 110 valence electrons. The van der Waals surface area contributed by atoms with Gasteiger partial charge in [0.1, 0.15) is 0 Å². The Morgan fingerprint density at radius 1 is 1.25 bits per heavy atom. The Balaban J connectivity index is 0.00000147. The molecule has 1 aromatic rings. The van der Waals surface area contributed by atoms with Crippen molar-refractivity contribution in [1.82, 2.24) is 10.2 Å². The van der Waals surface area contributed by atoms with Crippen LogP contribution in [0.15, 0.2) is 18.2 Å². The molecule has 0 aromatic heterocycles.